The zero-order valence-electron chi connectivity index (χ0n) is 27.7. The highest BCUT2D eigenvalue weighted by molar-refractivity contribution is 6.97. The summed E-state index contributed by atoms with van der Waals surface area (Å²) in [6, 6.07) is 20.2. The first-order valence-corrected chi connectivity index (χ1v) is 16.0. The second kappa shape index (κ2) is 8.62. The summed E-state index contributed by atoms with van der Waals surface area (Å²) in [7, 11) is 0. The SMILES string of the molecule is Cc1cc(C)c(-c2cc3c4c(c2)Oc2c(oc5c(C(C)(C)C)cccc25)B4c2cc4c(cc2O3)C(C)(C)CC4(C)C)c(C)c1. The maximum atomic E-state index is 6.95. The molecule has 1 aliphatic carbocycles. The van der Waals surface area contributed by atoms with Crippen LogP contribution >= 0.6 is 0 Å². The first-order valence-electron chi connectivity index (χ1n) is 16.0. The van der Waals surface area contributed by atoms with Gasteiger partial charge in [0, 0.05) is 11.0 Å². The van der Waals surface area contributed by atoms with E-state index in [0.717, 1.165) is 57.1 Å². The Labute approximate surface area is 261 Å². The van der Waals surface area contributed by atoms with Crippen molar-refractivity contribution in [2.24, 2.45) is 0 Å². The molecule has 0 atom stereocenters. The predicted octanol–water partition coefficient (Wildman–Crippen LogP) is 9.01. The maximum absolute atomic E-state index is 6.95. The number of furan rings is 1. The molecule has 0 bridgehead atoms. The molecule has 0 N–H and O–H groups in total. The molecule has 3 heterocycles. The fourth-order valence-electron chi connectivity index (χ4n) is 8.82. The van der Waals surface area contributed by atoms with Crippen LogP contribution in [0.15, 0.2) is 59.0 Å². The monoisotopic (exact) mass is 580 g/mol. The summed E-state index contributed by atoms with van der Waals surface area (Å²) in [5.41, 5.74) is 14.2. The quantitative estimate of drug-likeness (QED) is 0.182. The number of hydrogen-bond donors (Lipinski definition) is 0. The first-order chi connectivity index (χ1) is 20.6. The van der Waals surface area contributed by atoms with Crippen LogP contribution in [0.4, 0.5) is 0 Å². The minimum Gasteiger partial charge on any atom is -0.466 e. The second-order valence-corrected chi connectivity index (χ2v) is 15.9. The Hall–Kier alpha value is -3.92. The predicted molar refractivity (Wildman–Crippen MR) is 183 cm³/mol. The van der Waals surface area contributed by atoms with Crippen LogP contribution in [-0.4, -0.2) is 6.71 Å². The molecule has 0 saturated carbocycles. The van der Waals surface area contributed by atoms with Crippen LogP contribution in [-0.2, 0) is 16.2 Å². The standard InChI is InChI=1S/C40H41BO3/c1-21-14-22(2)33(23(3)15-21)24-16-31-34-32(17-24)43-36-25-12-11-13-26(38(4,5)6)35(25)44-37(36)41(34)29-18-27-28(19-30(29)42-31)40(9,10)20-39(27,7)8/h11-19H,20H2,1-10H3. The van der Waals surface area contributed by atoms with Crippen molar-refractivity contribution in [3.8, 4) is 34.1 Å². The maximum Gasteiger partial charge on any atom is 0.305 e. The van der Waals surface area contributed by atoms with Crippen molar-refractivity contribution in [3.05, 3.63) is 88.0 Å². The van der Waals surface area contributed by atoms with Crippen molar-refractivity contribution in [2.45, 2.75) is 91.9 Å². The minimum absolute atomic E-state index is 0.0719. The Morgan fingerprint density at radius 2 is 1.39 bits per heavy atom. The Kier molecular flexibility index (Phi) is 5.41. The van der Waals surface area contributed by atoms with Gasteiger partial charge in [-0.2, -0.15) is 0 Å². The van der Waals surface area contributed by atoms with Gasteiger partial charge >= 0.3 is 6.71 Å². The van der Waals surface area contributed by atoms with Gasteiger partial charge in [0.05, 0.1) is 5.39 Å². The third-order valence-electron chi connectivity index (χ3n) is 10.4. The average Bonchev–Trinajstić information content (AvgIpc) is 3.36. The number of para-hydroxylation sites is 1. The summed E-state index contributed by atoms with van der Waals surface area (Å²) in [5.74, 6) is 3.46. The Bertz CT molecular complexity index is 2040. The summed E-state index contributed by atoms with van der Waals surface area (Å²) in [4.78, 5) is 0. The summed E-state index contributed by atoms with van der Waals surface area (Å²) >= 11 is 0. The highest BCUT2D eigenvalue weighted by Gasteiger charge is 2.48. The lowest BCUT2D eigenvalue weighted by Crippen LogP contribution is -2.57. The number of hydrogen-bond acceptors (Lipinski definition) is 3. The zero-order valence-corrected chi connectivity index (χ0v) is 27.7. The number of benzene rings is 4. The molecule has 222 valence electrons. The van der Waals surface area contributed by atoms with E-state index in [9.17, 15) is 0 Å². The van der Waals surface area contributed by atoms with Gasteiger partial charge < -0.3 is 13.9 Å². The van der Waals surface area contributed by atoms with E-state index >= 15 is 0 Å². The largest absolute Gasteiger partial charge is 0.466 e. The zero-order chi connectivity index (χ0) is 31.1. The van der Waals surface area contributed by atoms with Gasteiger partial charge in [0.25, 0.3) is 0 Å². The van der Waals surface area contributed by atoms with Gasteiger partial charge in [0.15, 0.2) is 5.75 Å². The molecular weight excluding hydrogens is 539 g/mol. The van der Waals surface area contributed by atoms with Crippen LogP contribution < -0.4 is 26.1 Å². The van der Waals surface area contributed by atoms with E-state index in [1.807, 2.05) is 0 Å². The van der Waals surface area contributed by atoms with Crippen LogP contribution in [0.3, 0.4) is 0 Å². The van der Waals surface area contributed by atoms with Crippen LogP contribution in [0.5, 0.6) is 23.0 Å². The molecule has 0 fully saturated rings. The van der Waals surface area contributed by atoms with Gasteiger partial charge in [0.2, 0.25) is 0 Å². The molecule has 5 aromatic rings. The summed E-state index contributed by atoms with van der Waals surface area (Å²) in [6.07, 6.45) is 1.10. The van der Waals surface area contributed by atoms with E-state index in [2.05, 4.69) is 124 Å². The van der Waals surface area contributed by atoms with Gasteiger partial charge in [-0.15, -0.1) is 0 Å². The molecule has 4 aromatic carbocycles. The highest BCUT2D eigenvalue weighted by atomic mass is 16.5. The number of aryl methyl sites for hydroxylation is 3. The molecule has 4 heteroatoms. The van der Waals surface area contributed by atoms with E-state index < -0.39 is 0 Å². The van der Waals surface area contributed by atoms with Crippen molar-refractivity contribution in [1.29, 1.82) is 0 Å². The molecular formula is C40H41BO3. The summed E-state index contributed by atoms with van der Waals surface area (Å²) < 4.78 is 20.8. The molecule has 0 radical (unpaired) electrons. The Morgan fingerprint density at radius 3 is 2.05 bits per heavy atom. The van der Waals surface area contributed by atoms with Crippen molar-refractivity contribution >= 4 is 34.3 Å². The third-order valence-corrected chi connectivity index (χ3v) is 10.4. The molecule has 2 aliphatic heterocycles. The van der Waals surface area contributed by atoms with Crippen LogP contribution in [0.1, 0.15) is 88.3 Å². The average molecular weight is 581 g/mol. The molecule has 3 nitrogen and oxygen atoms in total. The second-order valence-electron chi connectivity index (χ2n) is 15.9. The number of ether oxygens (including phenoxy) is 2. The van der Waals surface area contributed by atoms with Gasteiger partial charge in [-0.1, -0.05) is 84.4 Å². The lowest BCUT2D eigenvalue weighted by Gasteiger charge is -2.32. The number of fused-ring (bicyclic) bond motifs is 7. The molecule has 0 spiro atoms. The van der Waals surface area contributed by atoms with E-state index in [-0.39, 0.29) is 23.0 Å². The van der Waals surface area contributed by atoms with E-state index in [0.29, 0.717) is 0 Å². The molecule has 1 aromatic heterocycles. The molecule has 8 rings (SSSR count). The van der Waals surface area contributed by atoms with Gasteiger partial charge in [-0.25, -0.2) is 0 Å². The lowest BCUT2D eigenvalue weighted by atomic mass is 9.36. The van der Waals surface area contributed by atoms with Crippen molar-refractivity contribution in [3.63, 3.8) is 0 Å². The fraction of sp³-hybridized carbons (Fsp3) is 0.350. The fourth-order valence-corrected chi connectivity index (χ4v) is 8.82. The Balaban J connectivity index is 1.44. The topological polar surface area (TPSA) is 31.6 Å². The molecule has 0 amide bonds. The summed E-state index contributed by atoms with van der Waals surface area (Å²) in [5, 5.41) is 1.03. The van der Waals surface area contributed by atoms with E-state index in [1.54, 1.807) is 0 Å². The van der Waals surface area contributed by atoms with Crippen LogP contribution in [0.2, 0.25) is 0 Å². The lowest BCUT2D eigenvalue weighted by molar-refractivity contribution is 0.402. The van der Waals surface area contributed by atoms with Crippen molar-refractivity contribution in [1.82, 2.24) is 0 Å². The smallest absolute Gasteiger partial charge is 0.305 e. The third kappa shape index (κ3) is 3.76. The van der Waals surface area contributed by atoms with E-state index in [1.165, 1.54) is 44.4 Å². The van der Waals surface area contributed by atoms with E-state index in [4.69, 9.17) is 13.9 Å². The Morgan fingerprint density at radius 1 is 0.750 bits per heavy atom. The van der Waals surface area contributed by atoms with Crippen LogP contribution in [0.25, 0.3) is 22.1 Å². The van der Waals surface area contributed by atoms with Crippen LogP contribution in [0, 0.1) is 20.8 Å². The summed E-state index contributed by atoms with van der Waals surface area (Å²) in [6.45, 7) is 22.6. The number of rotatable bonds is 1. The molecule has 0 unspecified atom stereocenters. The van der Waals surface area contributed by atoms with Gasteiger partial charge in [-0.05, 0) is 107 Å². The molecule has 3 aliphatic rings. The highest BCUT2D eigenvalue weighted by Crippen LogP contribution is 2.51. The normalized spacial score (nSPS) is 17.0. The van der Waals surface area contributed by atoms with Crippen molar-refractivity contribution < 1.29 is 13.9 Å². The van der Waals surface area contributed by atoms with Gasteiger partial charge in [-0.3, -0.25) is 0 Å². The van der Waals surface area contributed by atoms with Gasteiger partial charge in [0.1, 0.15) is 28.5 Å². The first kappa shape index (κ1) is 27.6. The molecule has 0 saturated heterocycles. The van der Waals surface area contributed by atoms with Crippen molar-refractivity contribution in [2.75, 3.05) is 0 Å². The minimum atomic E-state index is -0.119. The molecule has 44 heavy (non-hydrogen) atoms.